The minimum Gasteiger partial charge on any atom is -0.497 e. The van der Waals surface area contributed by atoms with Gasteiger partial charge in [-0.05, 0) is 50.5 Å². The molecule has 0 atom stereocenters. The number of imidazole rings is 1. The van der Waals surface area contributed by atoms with E-state index in [9.17, 15) is 13.2 Å². The molecule has 0 spiro atoms. The Bertz CT molecular complexity index is 1780. The van der Waals surface area contributed by atoms with Gasteiger partial charge >= 0.3 is 6.18 Å². The zero-order valence-electron chi connectivity index (χ0n) is 24.0. The molecule has 3 aromatic heterocycles. The zero-order chi connectivity index (χ0) is 30.3. The maximum atomic E-state index is 13.4. The van der Waals surface area contributed by atoms with Gasteiger partial charge in [-0.2, -0.15) is 18.2 Å². The van der Waals surface area contributed by atoms with Gasteiger partial charge < -0.3 is 18.8 Å². The molecule has 0 radical (unpaired) electrons. The Hall–Kier alpha value is -4.74. The fraction of sp³-hybridized carbons (Fsp3) is 0.323. The first-order valence-electron chi connectivity index (χ1n) is 13.8. The lowest BCUT2D eigenvalue weighted by Gasteiger charge is -2.14. The molecule has 0 N–H and O–H groups in total. The lowest BCUT2D eigenvalue weighted by Crippen LogP contribution is -2.05. The number of alkyl halides is 3. The summed E-state index contributed by atoms with van der Waals surface area (Å²) in [5.41, 5.74) is 2.56. The molecule has 1 aliphatic carbocycles. The Kier molecular flexibility index (Phi) is 7.37. The summed E-state index contributed by atoms with van der Waals surface area (Å²) in [7, 11) is 3.13. The van der Waals surface area contributed by atoms with E-state index in [-0.39, 0.29) is 18.5 Å². The number of halogens is 3. The van der Waals surface area contributed by atoms with Crippen LogP contribution in [0.1, 0.15) is 55.6 Å². The third-order valence-corrected chi connectivity index (χ3v) is 7.26. The van der Waals surface area contributed by atoms with Crippen molar-refractivity contribution in [1.29, 1.82) is 0 Å². The number of rotatable bonds is 9. The van der Waals surface area contributed by atoms with Crippen LogP contribution in [0, 0.1) is 0 Å². The van der Waals surface area contributed by atoms with Crippen molar-refractivity contribution in [2.24, 2.45) is 0 Å². The standard InChI is InChI=1S/C31H29F3N6O3/c1-17(2)40-14-24(31(32,33)34)38-28(40)20-7-5-18(6-8-20)15-43-29-22-13-21(41-3)11-12-23(22)37-27(39-29)25-26(19-9-10-19)35-16-36-30(25)42-4/h5-8,11-14,16-17,19H,9-10,15H2,1-4H3. The van der Waals surface area contributed by atoms with E-state index >= 15 is 0 Å². The largest absolute Gasteiger partial charge is 0.497 e. The molecule has 222 valence electrons. The van der Waals surface area contributed by atoms with Crippen molar-refractivity contribution in [3.05, 3.63) is 71.9 Å². The Balaban J connectivity index is 1.34. The molecule has 2 aromatic carbocycles. The van der Waals surface area contributed by atoms with Gasteiger partial charge in [-0.3, -0.25) is 0 Å². The first-order valence-corrected chi connectivity index (χ1v) is 13.8. The van der Waals surface area contributed by atoms with Gasteiger partial charge in [0.1, 0.15) is 30.1 Å². The molecule has 0 aliphatic heterocycles. The van der Waals surface area contributed by atoms with Crippen molar-refractivity contribution in [3.8, 4) is 40.3 Å². The highest BCUT2D eigenvalue weighted by atomic mass is 19.4. The van der Waals surface area contributed by atoms with E-state index in [1.165, 1.54) is 10.9 Å². The molecule has 3 heterocycles. The zero-order valence-corrected chi connectivity index (χ0v) is 24.0. The smallest absolute Gasteiger partial charge is 0.434 e. The van der Waals surface area contributed by atoms with Crippen LogP contribution >= 0.6 is 0 Å². The minimum absolute atomic E-state index is 0.146. The first-order chi connectivity index (χ1) is 20.7. The summed E-state index contributed by atoms with van der Waals surface area (Å²) in [6.45, 7) is 3.77. The van der Waals surface area contributed by atoms with Crippen molar-refractivity contribution < 1.29 is 27.4 Å². The second kappa shape index (κ2) is 11.2. The van der Waals surface area contributed by atoms with Crippen LogP contribution < -0.4 is 14.2 Å². The molecule has 12 heteroatoms. The van der Waals surface area contributed by atoms with Gasteiger partial charge in [0.2, 0.25) is 11.8 Å². The molecule has 6 rings (SSSR count). The molecule has 5 aromatic rings. The summed E-state index contributed by atoms with van der Waals surface area (Å²) in [5, 5.41) is 0.655. The SMILES string of the molecule is COc1ccc2nc(-c3c(OC)ncnc3C3CC3)nc(OCc3ccc(-c4nc(C(F)(F)F)cn4C(C)C)cc3)c2c1. The van der Waals surface area contributed by atoms with Gasteiger partial charge in [-0.15, -0.1) is 0 Å². The quantitative estimate of drug-likeness (QED) is 0.181. The number of nitrogens with zero attached hydrogens (tertiary/aromatic N) is 6. The summed E-state index contributed by atoms with van der Waals surface area (Å²) in [5.74, 6) is 2.28. The molecular weight excluding hydrogens is 561 g/mol. The molecule has 1 aliphatic rings. The van der Waals surface area contributed by atoms with E-state index in [4.69, 9.17) is 24.2 Å². The highest BCUT2D eigenvalue weighted by Gasteiger charge is 2.35. The molecular formula is C31H29F3N6O3. The molecule has 0 amide bonds. The number of benzene rings is 2. The molecule has 1 saturated carbocycles. The summed E-state index contributed by atoms with van der Waals surface area (Å²) in [4.78, 5) is 22.3. The number of methoxy groups -OCH3 is 2. The van der Waals surface area contributed by atoms with Gasteiger partial charge in [-0.25, -0.2) is 19.9 Å². The monoisotopic (exact) mass is 590 g/mol. The Morgan fingerprint density at radius 2 is 1.70 bits per heavy atom. The molecule has 0 saturated heterocycles. The minimum atomic E-state index is -4.53. The van der Waals surface area contributed by atoms with Crippen molar-refractivity contribution in [1.82, 2.24) is 29.5 Å². The van der Waals surface area contributed by atoms with Crippen LogP contribution in [0.4, 0.5) is 13.2 Å². The van der Waals surface area contributed by atoms with Crippen molar-refractivity contribution in [2.45, 2.75) is 51.4 Å². The van der Waals surface area contributed by atoms with Crippen LogP contribution in [0.2, 0.25) is 0 Å². The number of ether oxygens (including phenoxy) is 3. The third kappa shape index (κ3) is 5.69. The lowest BCUT2D eigenvalue weighted by atomic mass is 10.1. The van der Waals surface area contributed by atoms with Crippen LogP contribution in [0.5, 0.6) is 17.5 Å². The van der Waals surface area contributed by atoms with Gasteiger partial charge in [0.15, 0.2) is 11.5 Å². The molecule has 43 heavy (non-hydrogen) atoms. The van der Waals surface area contributed by atoms with E-state index in [0.29, 0.717) is 51.3 Å². The fourth-order valence-electron chi connectivity index (χ4n) is 4.88. The predicted octanol–water partition coefficient (Wildman–Crippen LogP) is 7.02. The van der Waals surface area contributed by atoms with Gasteiger partial charge in [0.05, 0.1) is 30.8 Å². The number of fused-ring (bicyclic) bond motifs is 1. The topological polar surface area (TPSA) is 97.1 Å². The highest BCUT2D eigenvalue weighted by molar-refractivity contribution is 5.87. The van der Waals surface area contributed by atoms with Gasteiger partial charge in [-0.1, -0.05) is 24.3 Å². The molecule has 0 unspecified atom stereocenters. The second-order valence-corrected chi connectivity index (χ2v) is 10.6. The Labute approximate surface area is 245 Å². The number of aromatic nitrogens is 6. The van der Waals surface area contributed by atoms with E-state index in [1.54, 1.807) is 38.5 Å². The van der Waals surface area contributed by atoms with Crippen molar-refractivity contribution in [3.63, 3.8) is 0 Å². The average Bonchev–Trinajstić information content (AvgIpc) is 3.75. The predicted molar refractivity (Wildman–Crippen MR) is 153 cm³/mol. The van der Waals surface area contributed by atoms with Crippen molar-refractivity contribution in [2.75, 3.05) is 14.2 Å². The van der Waals surface area contributed by atoms with E-state index in [1.807, 2.05) is 32.0 Å². The number of hydrogen-bond donors (Lipinski definition) is 0. The maximum absolute atomic E-state index is 13.4. The van der Waals surface area contributed by atoms with E-state index < -0.39 is 11.9 Å². The third-order valence-electron chi connectivity index (χ3n) is 7.26. The normalized spacial score (nSPS) is 13.5. The maximum Gasteiger partial charge on any atom is 0.434 e. The van der Waals surface area contributed by atoms with Crippen LogP contribution in [-0.2, 0) is 12.8 Å². The first kappa shape index (κ1) is 28.4. The average molecular weight is 591 g/mol. The van der Waals surface area contributed by atoms with Gasteiger partial charge in [0, 0.05) is 23.7 Å². The number of hydrogen-bond acceptors (Lipinski definition) is 8. The summed E-state index contributed by atoms with van der Waals surface area (Å²) in [6, 6.07) is 12.3. The molecule has 9 nitrogen and oxygen atoms in total. The van der Waals surface area contributed by atoms with Crippen LogP contribution in [0.25, 0.3) is 33.7 Å². The fourth-order valence-corrected chi connectivity index (χ4v) is 4.88. The summed E-state index contributed by atoms with van der Waals surface area (Å²) >= 11 is 0. The van der Waals surface area contributed by atoms with Crippen molar-refractivity contribution >= 4 is 10.9 Å². The Morgan fingerprint density at radius 3 is 2.35 bits per heavy atom. The van der Waals surface area contributed by atoms with Crippen LogP contribution in [0.3, 0.4) is 0 Å². The van der Waals surface area contributed by atoms with Crippen LogP contribution in [-0.4, -0.2) is 43.7 Å². The van der Waals surface area contributed by atoms with Gasteiger partial charge in [0.25, 0.3) is 0 Å². The summed E-state index contributed by atoms with van der Waals surface area (Å²) < 4.78 is 58.9. The second-order valence-electron chi connectivity index (χ2n) is 10.6. The molecule has 1 fully saturated rings. The highest BCUT2D eigenvalue weighted by Crippen LogP contribution is 2.45. The Morgan fingerprint density at radius 1 is 0.930 bits per heavy atom. The van der Waals surface area contributed by atoms with E-state index in [2.05, 4.69) is 15.0 Å². The summed E-state index contributed by atoms with van der Waals surface area (Å²) in [6.07, 6.45) is 0.0449. The lowest BCUT2D eigenvalue weighted by molar-refractivity contribution is -0.140. The van der Waals surface area contributed by atoms with Crippen LogP contribution in [0.15, 0.2) is 55.0 Å². The molecule has 0 bridgehead atoms. The van der Waals surface area contributed by atoms with E-state index in [0.717, 1.165) is 30.3 Å².